The van der Waals surface area contributed by atoms with E-state index in [1.807, 2.05) is 61.7 Å². The maximum atomic E-state index is 12.8. The van der Waals surface area contributed by atoms with E-state index in [1.165, 1.54) is 17.6 Å². The van der Waals surface area contributed by atoms with Crippen LogP contribution in [0.25, 0.3) is 11.3 Å². The van der Waals surface area contributed by atoms with Crippen molar-refractivity contribution < 1.29 is 19.1 Å². The summed E-state index contributed by atoms with van der Waals surface area (Å²) in [5.41, 5.74) is 7.65. The van der Waals surface area contributed by atoms with Crippen molar-refractivity contribution in [1.82, 2.24) is 10.4 Å². The molecule has 2 amide bonds. The molecule has 1 aromatic heterocycles. The van der Waals surface area contributed by atoms with Gasteiger partial charge in [-0.15, -0.1) is 11.3 Å². The average molecular weight is 754 g/mol. The first kappa shape index (κ1) is 33.9. The monoisotopic (exact) mass is 751 g/mol. The molecule has 5 aromatic rings. The van der Waals surface area contributed by atoms with Gasteiger partial charge in [0.2, 0.25) is 0 Å². The summed E-state index contributed by atoms with van der Waals surface area (Å²) in [5, 5.41) is 14.0. The van der Waals surface area contributed by atoms with Gasteiger partial charge in [-0.1, -0.05) is 41.4 Å². The molecule has 0 fully saturated rings. The number of benzene rings is 4. The van der Waals surface area contributed by atoms with Gasteiger partial charge in [0.05, 0.1) is 23.0 Å². The summed E-state index contributed by atoms with van der Waals surface area (Å²) >= 11 is 17.1. The lowest BCUT2D eigenvalue weighted by Crippen LogP contribution is -2.20. The highest BCUT2D eigenvalue weighted by Gasteiger charge is 2.15. The molecule has 0 saturated carbocycles. The zero-order valence-corrected chi connectivity index (χ0v) is 29.1. The number of carbonyl (C=O) groups excluding carboxylic acids is 2. The van der Waals surface area contributed by atoms with Gasteiger partial charge in [0.15, 0.2) is 23.2 Å². The molecule has 47 heavy (non-hydrogen) atoms. The number of carbonyl (C=O) groups is 2. The van der Waals surface area contributed by atoms with E-state index >= 15 is 0 Å². The Bertz CT molecular complexity index is 1920. The standard InChI is InChI=1S/C34H28BrCl2N5O4S/c1-3-45-30-15-21(14-27(35)32(30)46-18-31(43)39-26-11-4-20(2)28(37)16-26)17-38-42-33(44)23-7-5-22(6-8-23)29-19-47-34(41-29)40-25-12-9-24(36)10-13-25/h4-17,19H,3,18H2,1-2H3,(H,39,43)(H,40,41)(H,42,44)/b38-17-. The fourth-order valence-corrected chi connectivity index (χ4v) is 5.83. The summed E-state index contributed by atoms with van der Waals surface area (Å²) in [6.45, 7) is 3.83. The van der Waals surface area contributed by atoms with E-state index in [4.69, 9.17) is 32.7 Å². The van der Waals surface area contributed by atoms with Crippen LogP contribution < -0.4 is 25.5 Å². The molecular formula is C34H28BrCl2N5O4S. The van der Waals surface area contributed by atoms with Gasteiger partial charge in [0.25, 0.3) is 11.8 Å². The minimum Gasteiger partial charge on any atom is -0.490 e. The van der Waals surface area contributed by atoms with Crippen molar-refractivity contribution in [2.75, 3.05) is 23.8 Å². The highest BCUT2D eigenvalue weighted by molar-refractivity contribution is 9.10. The minimum atomic E-state index is -0.374. The summed E-state index contributed by atoms with van der Waals surface area (Å²) in [6, 6.07) is 23.2. The third kappa shape index (κ3) is 9.32. The van der Waals surface area contributed by atoms with E-state index in [-0.39, 0.29) is 18.4 Å². The third-order valence-electron chi connectivity index (χ3n) is 6.56. The molecule has 9 nitrogen and oxygen atoms in total. The van der Waals surface area contributed by atoms with Crippen LogP contribution >= 0.6 is 50.5 Å². The second-order valence-corrected chi connectivity index (χ2v) is 12.6. The highest BCUT2D eigenvalue weighted by Crippen LogP contribution is 2.37. The van der Waals surface area contributed by atoms with Gasteiger partial charge in [0.1, 0.15) is 0 Å². The lowest BCUT2D eigenvalue weighted by molar-refractivity contribution is -0.118. The average Bonchev–Trinajstić information content (AvgIpc) is 3.52. The SMILES string of the molecule is CCOc1cc(/C=N\NC(=O)c2ccc(-c3csc(Nc4ccc(Cl)cc4)n3)cc2)cc(Br)c1OCC(=O)Nc1ccc(C)c(Cl)c1. The number of nitrogens with one attached hydrogen (secondary N) is 3. The van der Waals surface area contributed by atoms with Crippen LogP contribution in [0.2, 0.25) is 10.0 Å². The maximum Gasteiger partial charge on any atom is 0.271 e. The van der Waals surface area contributed by atoms with E-state index in [0.29, 0.717) is 49.4 Å². The number of anilines is 3. The molecule has 240 valence electrons. The van der Waals surface area contributed by atoms with Gasteiger partial charge >= 0.3 is 0 Å². The lowest BCUT2D eigenvalue weighted by Gasteiger charge is -2.14. The summed E-state index contributed by atoms with van der Waals surface area (Å²) in [6.07, 6.45) is 1.49. The van der Waals surface area contributed by atoms with Crippen LogP contribution in [-0.4, -0.2) is 36.2 Å². The van der Waals surface area contributed by atoms with E-state index in [0.717, 1.165) is 27.6 Å². The molecule has 5 rings (SSSR count). The molecule has 0 spiro atoms. The zero-order chi connectivity index (χ0) is 33.3. The Morgan fingerprint density at radius 1 is 0.979 bits per heavy atom. The first-order valence-electron chi connectivity index (χ1n) is 14.3. The Kier molecular flexibility index (Phi) is 11.5. The molecule has 0 aliphatic rings. The second kappa shape index (κ2) is 15.9. The summed E-state index contributed by atoms with van der Waals surface area (Å²) in [7, 11) is 0. The molecule has 13 heteroatoms. The number of hydrogen-bond donors (Lipinski definition) is 3. The predicted octanol–water partition coefficient (Wildman–Crippen LogP) is 9.11. The fourth-order valence-electron chi connectivity index (χ4n) is 4.21. The summed E-state index contributed by atoms with van der Waals surface area (Å²) in [5.74, 6) is 0.0347. The number of nitrogens with zero attached hydrogens (tertiary/aromatic N) is 2. The topological polar surface area (TPSA) is 114 Å². The molecule has 0 aliphatic carbocycles. The van der Waals surface area contributed by atoms with Crippen molar-refractivity contribution in [3.05, 3.63) is 115 Å². The van der Waals surface area contributed by atoms with Crippen molar-refractivity contribution in [2.24, 2.45) is 5.10 Å². The number of amides is 2. The molecule has 0 atom stereocenters. The largest absolute Gasteiger partial charge is 0.490 e. The van der Waals surface area contributed by atoms with E-state index in [9.17, 15) is 9.59 Å². The van der Waals surface area contributed by atoms with Crippen LogP contribution in [0.1, 0.15) is 28.4 Å². The van der Waals surface area contributed by atoms with Crippen LogP contribution in [0.3, 0.4) is 0 Å². The molecule has 3 N–H and O–H groups in total. The number of aromatic nitrogens is 1. The number of thiazole rings is 1. The first-order valence-corrected chi connectivity index (χ1v) is 16.7. The molecular weight excluding hydrogens is 725 g/mol. The Hall–Kier alpha value is -4.42. The zero-order valence-electron chi connectivity index (χ0n) is 25.1. The number of hydrogen-bond acceptors (Lipinski definition) is 8. The number of halogens is 3. The highest BCUT2D eigenvalue weighted by atomic mass is 79.9. The van der Waals surface area contributed by atoms with Crippen LogP contribution in [0, 0.1) is 6.92 Å². The van der Waals surface area contributed by atoms with Gasteiger partial charge in [-0.2, -0.15) is 5.10 Å². The number of rotatable bonds is 12. The Morgan fingerprint density at radius 3 is 2.45 bits per heavy atom. The summed E-state index contributed by atoms with van der Waals surface area (Å²) < 4.78 is 12.1. The van der Waals surface area contributed by atoms with Gasteiger partial charge < -0.3 is 20.1 Å². The number of ether oxygens (including phenoxy) is 2. The van der Waals surface area contributed by atoms with E-state index < -0.39 is 0 Å². The van der Waals surface area contributed by atoms with Crippen LogP contribution in [-0.2, 0) is 4.79 Å². The smallest absolute Gasteiger partial charge is 0.271 e. The van der Waals surface area contributed by atoms with Gasteiger partial charge in [-0.3, -0.25) is 9.59 Å². The molecule has 0 saturated heterocycles. The van der Waals surface area contributed by atoms with Gasteiger partial charge in [0, 0.05) is 37.9 Å². The number of hydrazone groups is 1. The van der Waals surface area contributed by atoms with Crippen LogP contribution in [0.15, 0.2) is 93.8 Å². The van der Waals surface area contributed by atoms with Crippen LogP contribution in [0.4, 0.5) is 16.5 Å². The van der Waals surface area contributed by atoms with E-state index in [2.05, 4.69) is 42.1 Å². The molecule has 0 bridgehead atoms. The Labute approximate surface area is 294 Å². The third-order valence-corrected chi connectivity index (χ3v) is 8.56. The van der Waals surface area contributed by atoms with Crippen molar-refractivity contribution in [3.8, 4) is 22.8 Å². The maximum absolute atomic E-state index is 12.8. The van der Waals surface area contributed by atoms with Crippen LogP contribution in [0.5, 0.6) is 11.5 Å². The van der Waals surface area contributed by atoms with Gasteiger partial charge in [-0.25, -0.2) is 10.4 Å². The van der Waals surface area contributed by atoms with Gasteiger partial charge in [-0.05, 0) is 102 Å². The summed E-state index contributed by atoms with van der Waals surface area (Å²) in [4.78, 5) is 29.9. The molecule has 0 radical (unpaired) electrons. The Morgan fingerprint density at radius 2 is 1.72 bits per heavy atom. The number of aryl methyl sites for hydroxylation is 1. The Balaban J connectivity index is 1.17. The molecule has 1 heterocycles. The lowest BCUT2D eigenvalue weighted by atomic mass is 10.1. The van der Waals surface area contributed by atoms with E-state index in [1.54, 1.807) is 36.4 Å². The van der Waals surface area contributed by atoms with Crippen molar-refractivity contribution in [3.63, 3.8) is 0 Å². The first-order chi connectivity index (χ1) is 22.7. The quantitative estimate of drug-likeness (QED) is 0.0866. The van der Waals surface area contributed by atoms with Crippen molar-refractivity contribution >= 4 is 85.0 Å². The molecule has 4 aromatic carbocycles. The minimum absolute atomic E-state index is 0.254. The predicted molar refractivity (Wildman–Crippen MR) is 193 cm³/mol. The normalized spacial score (nSPS) is 10.9. The van der Waals surface area contributed by atoms with Crippen molar-refractivity contribution in [2.45, 2.75) is 13.8 Å². The molecule has 0 aliphatic heterocycles. The molecule has 0 unspecified atom stereocenters. The fraction of sp³-hybridized carbons (Fsp3) is 0.118. The second-order valence-electron chi connectivity index (χ2n) is 10.0. The van der Waals surface area contributed by atoms with Crippen molar-refractivity contribution in [1.29, 1.82) is 0 Å².